The van der Waals surface area contributed by atoms with E-state index < -0.39 is 26.2 Å². The lowest BCUT2D eigenvalue weighted by Gasteiger charge is -2.17. The molecule has 1 aromatic rings. The lowest BCUT2D eigenvalue weighted by molar-refractivity contribution is -0.115. The molecular formula is C13H20N2O3S. The molecule has 0 spiro atoms. The summed E-state index contributed by atoms with van der Waals surface area (Å²) >= 11 is 0. The van der Waals surface area contributed by atoms with E-state index in [1.54, 1.807) is 39.0 Å². The molecule has 0 aliphatic rings. The zero-order valence-electron chi connectivity index (χ0n) is 11.6. The van der Waals surface area contributed by atoms with Gasteiger partial charge in [-0.3, -0.25) is 4.79 Å². The van der Waals surface area contributed by atoms with Crippen molar-refractivity contribution in [2.24, 2.45) is 0 Å². The predicted octanol–water partition coefficient (Wildman–Crippen LogP) is 1.73. The predicted molar refractivity (Wildman–Crippen MR) is 77.7 cm³/mol. The fourth-order valence-corrected chi connectivity index (χ4v) is 2.75. The van der Waals surface area contributed by atoms with Crippen molar-refractivity contribution in [1.82, 2.24) is 0 Å². The molecule has 1 unspecified atom stereocenters. The number of hydrogen-bond donors (Lipinski definition) is 2. The van der Waals surface area contributed by atoms with Gasteiger partial charge in [-0.25, -0.2) is 8.42 Å². The molecule has 0 heterocycles. The topological polar surface area (TPSA) is 89.3 Å². The van der Waals surface area contributed by atoms with Crippen molar-refractivity contribution in [2.45, 2.75) is 38.2 Å². The van der Waals surface area contributed by atoms with Crippen LogP contribution in [0, 0.1) is 6.92 Å². The minimum absolute atomic E-state index is 0.538. The first kappa shape index (κ1) is 15.5. The van der Waals surface area contributed by atoms with Crippen molar-refractivity contribution in [1.29, 1.82) is 0 Å². The highest BCUT2D eigenvalue weighted by molar-refractivity contribution is 7.93. The van der Waals surface area contributed by atoms with Gasteiger partial charge in [0.05, 0.1) is 5.25 Å². The molecule has 6 heteroatoms. The van der Waals surface area contributed by atoms with Crippen molar-refractivity contribution < 1.29 is 13.2 Å². The zero-order valence-corrected chi connectivity index (χ0v) is 12.4. The summed E-state index contributed by atoms with van der Waals surface area (Å²) in [4.78, 5) is 12.0. The highest BCUT2D eigenvalue weighted by Crippen LogP contribution is 2.21. The van der Waals surface area contributed by atoms with Crippen LogP contribution < -0.4 is 11.1 Å². The quantitative estimate of drug-likeness (QED) is 0.824. The second-order valence-corrected chi connectivity index (χ2v) is 7.62. The molecule has 0 aliphatic carbocycles. The highest BCUT2D eigenvalue weighted by Gasteiger charge is 2.30. The molecular weight excluding hydrogens is 264 g/mol. The Labute approximate surface area is 114 Å². The van der Waals surface area contributed by atoms with Gasteiger partial charge in [0.25, 0.3) is 0 Å². The molecule has 0 aromatic heterocycles. The van der Waals surface area contributed by atoms with Crippen LogP contribution in [0.1, 0.15) is 26.3 Å². The second kappa shape index (κ2) is 5.61. The number of rotatable bonds is 4. The summed E-state index contributed by atoms with van der Waals surface area (Å²) in [5, 5.41) is 0.936. The van der Waals surface area contributed by atoms with Gasteiger partial charge in [0.2, 0.25) is 5.91 Å². The lowest BCUT2D eigenvalue weighted by atomic mass is 10.1. The van der Waals surface area contributed by atoms with Crippen LogP contribution in [0.2, 0.25) is 0 Å². The molecule has 1 aromatic carbocycles. The first-order valence-electron chi connectivity index (χ1n) is 6.06. The summed E-state index contributed by atoms with van der Waals surface area (Å²) < 4.78 is 23.9. The monoisotopic (exact) mass is 284 g/mol. The van der Waals surface area contributed by atoms with Crippen molar-refractivity contribution >= 4 is 27.1 Å². The number of sulfone groups is 1. The van der Waals surface area contributed by atoms with Gasteiger partial charge in [0.1, 0.15) is 5.25 Å². The summed E-state index contributed by atoms with van der Waals surface area (Å²) in [6.45, 7) is 6.29. The number of carbonyl (C=O) groups excluding carboxylic acids is 1. The Morgan fingerprint density at radius 2 is 1.84 bits per heavy atom. The van der Waals surface area contributed by atoms with Crippen LogP contribution >= 0.6 is 0 Å². The van der Waals surface area contributed by atoms with E-state index in [2.05, 4.69) is 5.32 Å². The SMILES string of the molecule is Cc1c(N)cccc1NC(=O)C(C)S(=O)(=O)C(C)C. The summed E-state index contributed by atoms with van der Waals surface area (Å²) in [5.41, 5.74) is 7.55. The van der Waals surface area contributed by atoms with Crippen LogP contribution in [0.3, 0.4) is 0 Å². The van der Waals surface area contributed by atoms with Crippen LogP contribution in [0.5, 0.6) is 0 Å². The van der Waals surface area contributed by atoms with Crippen LogP contribution in [0.4, 0.5) is 11.4 Å². The van der Waals surface area contributed by atoms with Gasteiger partial charge in [-0.2, -0.15) is 0 Å². The van der Waals surface area contributed by atoms with Crippen molar-refractivity contribution in [3.05, 3.63) is 23.8 Å². The lowest BCUT2D eigenvalue weighted by Crippen LogP contribution is -2.36. The Hall–Kier alpha value is -1.56. The number of nitrogens with one attached hydrogen (secondary N) is 1. The maximum absolute atomic E-state index is 12.0. The van der Waals surface area contributed by atoms with Crippen LogP contribution in [-0.4, -0.2) is 24.8 Å². The zero-order chi connectivity index (χ0) is 14.8. The second-order valence-electron chi connectivity index (χ2n) is 4.79. The molecule has 0 saturated heterocycles. The minimum atomic E-state index is -3.46. The fourth-order valence-electron chi connectivity index (χ4n) is 1.58. The summed E-state index contributed by atoms with van der Waals surface area (Å²) in [6, 6.07) is 5.12. The molecule has 0 fully saturated rings. The average Bonchev–Trinajstić information content (AvgIpc) is 2.33. The van der Waals surface area contributed by atoms with E-state index in [1.807, 2.05) is 0 Å². The first-order valence-corrected chi connectivity index (χ1v) is 7.67. The Balaban J connectivity index is 2.95. The largest absolute Gasteiger partial charge is 0.398 e. The Bertz CT molecular complexity index is 580. The summed E-state index contributed by atoms with van der Waals surface area (Å²) in [6.07, 6.45) is 0. The van der Waals surface area contributed by atoms with E-state index in [4.69, 9.17) is 5.73 Å². The number of benzene rings is 1. The van der Waals surface area contributed by atoms with Crippen molar-refractivity contribution in [3.63, 3.8) is 0 Å². The maximum atomic E-state index is 12.0. The number of hydrogen-bond acceptors (Lipinski definition) is 4. The molecule has 1 amide bonds. The minimum Gasteiger partial charge on any atom is -0.398 e. The van der Waals surface area contributed by atoms with Gasteiger partial charge in [-0.1, -0.05) is 6.07 Å². The standard InChI is InChI=1S/C13H20N2O3S/c1-8(2)19(17,18)10(4)13(16)15-12-7-5-6-11(14)9(12)3/h5-8,10H,14H2,1-4H3,(H,15,16). The third kappa shape index (κ3) is 3.26. The average molecular weight is 284 g/mol. The maximum Gasteiger partial charge on any atom is 0.242 e. The van der Waals surface area contributed by atoms with E-state index in [0.29, 0.717) is 11.4 Å². The Morgan fingerprint density at radius 1 is 1.26 bits per heavy atom. The molecule has 0 saturated carbocycles. The first-order chi connectivity index (χ1) is 8.67. The van der Waals surface area contributed by atoms with Crippen molar-refractivity contribution in [2.75, 3.05) is 11.1 Å². The van der Waals surface area contributed by atoms with Gasteiger partial charge < -0.3 is 11.1 Å². The number of nitrogen functional groups attached to an aromatic ring is 1. The molecule has 5 nitrogen and oxygen atoms in total. The third-order valence-electron chi connectivity index (χ3n) is 3.15. The van der Waals surface area contributed by atoms with E-state index in [1.165, 1.54) is 6.92 Å². The number of amides is 1. The van der Waals surface area contributed by atoms with E-state index >= 15 is 0 Å². The molecule has 1 atom stereocenters. The molecule has 19 heavy (non-hydrogen) atoms. The Morgan fingerprint density at radius 3 is 2.37 bits per heavy atom. The molecule has 3 N–H and O–H groups in total. The van der Waals surface area contributed by atoms with Gasteiger partial charge in [-0.05, 0) is 45.4 Å². The number of anilines is 2. The van der Waals surface area contributed by atoms with Gasteiger partial charge >= 0.3 is 0 Å². The van der Waals surface area contributed by atoms with Crippen molar-refractivity contribution in [3.8, 4) is 0 Å². The normalized spacial score (nSPS) is 13.3. The number of carbonyl (C=O) groups is 1. The van der Waals surface area contributed by atoms with E-state index in [-0.39, 0.29) is 0 Å². The van der Waals surface area contributed by atoms with Gasteiger partial charge in [0.15, 0.2) is 9.84 Å². The van der Waals surface area contributed by atoms with E-state index in [0.717, 1.165) is 5.56 Å². The van der Waals surface area contributed by atoms with Gasteiger partial charge in [-0.15, -0.1) is 0 Å². The molecule has 0 aliphatic heterocycles. The molecule has 0 radical (unpaired) electrons. The smallest absolute Gasteiger partial charge is 0.242 e. The molecule has 106 valence electrons. The number of nitrogens with two attached hydrogens (primary N) is 1. The molecule has 1 rings (SSSR count). The fraction of sp³-hybridized carbons (Fsp3) is 0.462. The summed E-state index contributed by atoms with van der Waals surface area (Å²) in [7, 11) is -3.46. The van der Waals surface area contributed by atoms with Crippen LogP contribution in [-0.2, 0) is 14.6 Å². The third-order valence-corrected chi connectivity index (χ3v) is 5.67. The summed E-state index contributed by atoms with van der Waals surface area (Å²) in [5.74, 6) is -0.539. The highest BCUT2D eigenvalue weighted by atomic mass is 32.2. The van der Waals surface area contributed by atoms with Crippen LogP contribution in [0.25, 0.3) is 0 Å². The Kier molecular flexibility index (Phi) is 4.57. The molecule has 0 bridgehead atoms. The van der Waals surface area contributed by atoms with E-state index in [9.17, 15) is 13.2 Å². The van der Waals surface area contributed by atoms with Gasteiger partial charge in [0, 0.05) is 11.4 Å². The van der Waals surface area contributed by atoms with Crippen LogP contribution in [0.15, 0.2) is 18.2 Å².